The molecule has 0 bridgehead atoms. The average Bonchev–Trinajstić information content (AvgIpc) is 2.50. The number of benzene rings is 1. The van der Waals surface area contributed by atoms with E-state index in [1.807, 2.05) is 0 Å². The molecule has 1 rings (SSSR count). The lowest BCUT2D eigenvalue weighted by atomic mass is 10.2. The quantitative estimate of drug-likeness (QED) is 0.424. The van der Waals surface area contributed by atoms with Crippen molar-refractivity contribution in [1.82, 2.24) is 0 Å². The maximum atomic E-state index is 11.9. The second-order valence-corrected chi connectivity index (χ2v) is 5.47. The van der Waals surface area contributed by atoms with Gasteiger partial charge in [-0.3, -0.25) is 0 Å². The molecule has 4 nitrogen and oxygen atoms in total. The highest BCUT2D eigenvalue weighted by Crippen LogP contribution is 2.06. The molecule has 3 N–H and O–H groups in total. The Morgan fingerprint density at radius 1 is 1.05 bits per heavy atom. The number of rotatable bonds is 10. The number of hydrogen-bond donors (Lipinski definition) is 2. The lowest BCUT2D eigenvalue weighted by Gasteiger charge is -2.19. The minimum atomic E-state index is -0.264. The molecule has 1 aromatic carbocycles. The molecule has 0 amide bonds. The summed E-state index contributed by atoms with van der Waals surface area (Å²) in [5, 5.41) is 0. The van der Waals surface area contributed by atoms with Gasteiger partial charge in [0.05, 0.1) is 18.7 Å². The van der Waals surface area contributed by atoms with Crippen LogP contribution < -0.4 is 23.0 Å². The molecule has 1 aromatic rings. The van der Waals surface area contributed by atoms with Crippen LogP contribution in [-0.4, -0.2) is 32.2 Å². The number of carbonyl (C=O) groups is 1. The fraction of sp³-hybridized carbons (Fsp3) is 0.588. The van der Waals surface area contributed by atoms with E-state index in [0.717, 1.165) is 19.6 Å². The lowest BCUT2D eigenvalue weighted by Crippen LogP contribution is -3.12. The maximum Gasteiger partial charge on any atom is 0.338 e. The SMILES string of the molecule is CCCC[NH+](CCCC)CCOC(=O)c1ccc(N)cc1.[Cl-]. The summed E-state index contributed by atoms with van der Waals surface area (Å²) in [6, 6.07) is 6.85. The summed E-state index contributed by atoms with van der Waals surface area (Å²) in [6.45, 7) is 8.11. The van der Waals surface area contributed by atoms with Crippen molar-refractivity contribution in [3.05, 3.63) is 29.8 Å². The summed E-state index contributed by atoms with van der Waals surface area (Å²) in [5.74, 6) is -0.264. The van der Waals surface area contributed by atoms with Gasteiger partial charge in [-0.2, -0.15) is 0 Å². The van der Waals surface area contributed by atoms with Gasteiger partial charge in [0.2, 0.25) is 0 Å². The topological polar surface area (TPSA) is 56.8 Å². The number of anilines is 1. The lowest BCUT2D eigenvalue weighted by molar-refractivity contribution is -0.900. The molecule has 0 aliphatic heterocycles. The van der Waals surface area contributed by atoms with E-state index in [4.69, 9.17) is 10.5 Å². The first kappa shape index (κ1) is 20.7. The molecule has 0 unspecified atom stereocenters. The molecule has 0 atom stereocenters. The van der Waals surface area contributed by atoms with Crippen LogP contribution in [0.25, 0.3) is 0 Å². The largest absolute Gasteiger partial charge is 1.00 e. The fourth-order valence-corrected chi connectivity index (χ4v) is 2.22. The van der Waals surface area contributed by atoms with E-state index in [1.165, 1.54) is 30.6 Å². The van der Waals surface area contributed by atoms with Crippen LogP contribution in [0.4, 0.5) is 5.69 Å². The zero-order chi connectivity index (χ0) is 15.5. The second-order valence-electron chi connectivity index (χ2n) is 5.47. The molecule has 0 fully saturated rings. The van der Waals surface area contributed by atoms with Crippen LogP contribution in [0.2, 0.25) is 0 Å². The van der Waals surface area contributed by atoms with E-state index in [2.05, 4.69) is 13.8 Å². The summed E-state index contributed by atoms with van der Waals surface area (Å²) in [6.07, 6.45) is 4.87. The molecular formula is C17H29ClN2O2. The molecule has 0 heterocycles. The molecular weight excluding hydrogens is 300 g/mol. The van der Waals surface area contributed by atoms with E-state index < -0.39 is 0 Å². The third-order valence-electron chi connectivity index (χ3n) is 3.60. The van der Waals surface area contributed by atoms with Gasteiger partial charge in [-0.05, 0) is 37.1 Å². The molecule has 0 aliphatic carbocycles. The van der Waals surface area contributed by atoms with Gasteiger partial charge in [-0.1, -0.05) is 26.7 Å². The second kappa shape index (κ2) is 12.3. The van der Waals surface area contributed by atoms with Crippen molar-refractivity contribution in [3.63, 3.8) is 0 Å². The van der Waals surface area contributed by atoms with Crippen molar-refractivity contribution < 1.29 is 26.8 Å². The first-order valence-electron chi connectivity index (χ1n) is 8.03. The Morgan fingerprint density at radius 3 is 2.09 bits per heavy atom. The van der Waals surface area contributed by atoms with E-state index in [-0.39, 0.29) is 18.4 Å². The van der Waals surface area contributed by atoms with Crippen molar-refractivity contribution >= 4 is 11.7 Å². The number of nitrogens with one attached hydrogen (secondary N) is 1. The molecule has 0 aromatic heterocycles. The Kier molecular flexibility index (Phi) is 11.6. The van der Waals surface area contributed by atoms with E-state index in [9.17, 15) is 4.79 Å². The monoisotopic (exact) mass is 328 g/mol. The van der Waals surface area contributed by atoms with Gasteiger partial charge in [0.25, 0.3) is 0 Å². The maximum absolute atomic E-state index is 11.9. The van der Waals surface area contributed by atoms with Crippen LogP contribution in [0.5, 0.6) is 0 Å². The fourth-order valence-electron chi connectivity index (χ4n) is 2.22. The van der Waals surface area contributed by atoms with Crippen LogP contribution in [0.1, 0.15) is 49.9 Å². The van der Waals surface area contributed by atoms with Crippen molar-refractivity contribution in [2.45, 2.75) is 39.5 Å². The Hall–Kier alpha value is -1.26. The standard InChI is InChI=1S/C17H28N2O2.ClH/c1-3-5-11-19(12-6-4-2)13-14-21-17(20)15-7-9-16(18)10-8-15;/h7-10H,3-6,11-14,18H2,1-2H3;1H. The molecule has 0 aliphatic rings. The summed E-state index contributed by atoms with van der Waals surface area (Å²) < 4.78 is 5.36. The Morgan fingerprint density at radius 2 is 1.59 bits per heavy atom. The Bertz CT molecular complexity index is 402. The summed E-state index contributed by atoms with van der Waals surface area (Å²) in [4.78, 5) is 13.4. The van der Waals surface area contributed by atoms with Gasteiger partial charge >= 0.3 is 5.97 Å². The van der Waals surface area contributed by atoms with E-state index in [1.54, 1.807) is 24.3 Å². The highest BCUT2D eigenvalue weighted by Gasteiger charge is 2.11. The highest BCUT2D eigenvalue weighted by atomic mass is 35.5. The number of nitrogens with two attached hydrogens (primary N) is 1. The molecule has 0 spiro atoms. The highest BCUT2D eigenvalue weighted by molar-refractivity contribution is 5.89. The van der Waals surface area contributed by atoms with Crippen molar-refractivity contribution in [3.8, 4) is 0 Å². The number of esters is 1. The number of halogens is 1. The number of unbranched alkanes of at least 4 members (excludes halogenated alkanes) is 2. The zero-order valence-corrected chi connectivity index (χ0v) is 14.5. The first-order valence-corrected chi connectivity index (χ1v) is 8.03. The summed E-state index contributed by atoms with van der Waals surface area (Å²) in [5.41, 5.74) is 6.82. The average molecular weight is 329 g/mol. The van der Waals surface area contributed by atoms with Gasteiger partial charge < -0.3 is 27.8 Å². The molecule has 22 heavy (non-hydrogen) atoms. The van der Waals surface area contributed by atoms with Crippen LogP contribution in [0.15, 0.2) is 24.3 Å². The minimum Gasteiger partial charge on any atom is -1.00 e. The number of hydrogen-bond acceptors (Lipinski definition) is 3. The van der Waals surface area contributed by atoms with Crippen molar-refractivity contribution in [2.75, 3.05) is 32.0 Å². The smallest absolute Gasteiger partial charge is 0.338 e. The van der Waals surface area contributed by atoms with Crippen molar-refractivity contribution in [2.24, 2.45) is 0 Å². The normalized spacial score (nSPS) is 10.3. The number of ether oxygens (including phenoxy) is 1. The number of quaternary nitrogens is 1. The van der Waals surface area contributed by atoms with Crippen LogP contribution in [0.3, 0.4) is 0 Å². The minimum absolute atomic E-state index is 0. The van der Waals surface area contributed by atoms with Gasteiger partial charge in [-0.25, -0.2) is 4.79 Å². The summed E-state index contributed by atoms with van der Waals surface area (Å²) in [7, 11) is 0. The predicted molar refractivity (Wildman–Crippen MR) is 86.5 cm³/mol. The van der Waals surface area contributed by atoms with Crippen molar-refractivity contribution in [1.29, 1.82) is 0 Å². The third kappa shape index (κ3) is 8.25. The molecule has 126 valence electrons. The van der Waals surface area contributed by atoms with Crippen LogP contribution in [0, 0.1) is 0 Å². The number of nitrogen functional groups attached to an aromatic ring is 1. The van der Waals surface area contributed by atoms with Crippen LogP contribution in [-0.2, 0) is 4.74 Å². The van der Waals surface area contributed by atoms with Gasteiger partial charge in [0, 0.05) is 5.69 Å². The van der Waals surface area contributed by atoms with E-state index >= 15 is 0 Å². The third-order valence-corrected chi connectivity index (χ3v) is 3.60. The molecule has 0 radical (unpaired) electrons. The summed E-state index contributed by atoms with van der Waals surface area (Å²) >= 11 is 0. The van der Waals surface area contributed by atoms with Gasteiger partial charge in [0.1, 0.15) is 13.2 Å². The molecule has 0 saturated heterocycles. The van der Waals surface area contributed by atoms with Crippen LogP contribution >= 0.6 is 0 Å². The zero-order valence-electron chi connectivity index (χ0n) is 13.7. The predicted octanol–water partition coefficient (Wildman–Crippen LogP) is -1.09. The van der Waals surface area contributed by atoms with E-state index in [0.29, 0.717) is 17.9 Å². The number of carbonyl (C=O) groups excluding carboxylic acids is 1. The Labute approximate surface area is 140 Å². The molecule has 0 saturated carbocycles. The molecule has 5 heteroatoms. The first-order chi connectivity index (χ1) is 10.2. The Balaban J connectivity index is 0.00000441. The van der Waals surface area contributed by atoms with Gasteiger partial charge in [-0.15, -0.1) is 0 Å². The van der Waals surface area contributed by atoms with Gasteiger partial charge in [0.15, 0.2) is 0 Å².